The number of rotatable bonds is 5. The summed E-state index contributed by atoms with van der Waals surface area (Å²) in [6.45, 7) is 4.06. The van der Waals surface area contributed by atoms with Crippen LogP contribution in [0.2, 0.25) is 0 Å². The largest absolute Gasteiger partial charge is 0.492 e. The molecule has 1 atom stereocenters. The number of morpholine rings is 1. The number of ether oxygens (including phenoxy) is 2. The highest BCUT2D eigenvalue weighted by Gasteiger charge is 2.23. The first-order valence-corrected chi connectivity index (χ1v) is 8.30. The standard InChI is InChI=1S/C18H21N3O4/c1-14-13-20(9-11-24-14)18(23)16-7-8-17(22)21(19-16)10-12-25-15-5-3-2-4-6-15/h2-8,14H,9-13H2,1H3/t14-/m1/s1. The van der Waals surface area contributed by atoms with Crippen LogP contribution in [-0.2, 0) is 11.3 Å². The van der Waals surface area contributed by atoms with Gasteiger partial charge in [0.05, 0.1) is 19.3 Å². The molecule has 25 heavy (non-hydrogen) atoms. The van der Waals surface area contributed by atoms with Gasteiger partial charge >= 0.3 is 0 Å². The molecule has 0 radical (unpaired) electrons. The fraction of sp³-hybridized carbons (Fsp3) is 0.389. The first-order valence-electron chi connectivity index (χ1n) is 8.30. The normalized spacial score (nSPS) is 17.3. The SMILES string of the molecule is C[C@@H]1CN(C(=O)c2ccc(=O)n(CCOc3ccccc3)n2)CCO1. The quantitative estimate of drug-likeness (QED) is 0.815. The van der Waals surface area contributed by atoms with Crippen molar-refractivity contribution in [2.75, 3.05) is 26.3 Å². The minimum atomic E-state index is -0.261. The lowest BCUT2D eigenvalue weighted by atomic mass is 10.2. The summed E-state index contributed by atoms with van der Waals surface area (Å²) >= 11 is 0. The Bertz CT molecular complexity index is 775. The van der Waals surface area contributed by atoms with Crippen LogP contribution in [0.3, 0.4) is 0 Å². The molecular weight excluding hydrogens is 322 g/mol. The van der Waals surface area contributed by atoms with Gasteiger partial charge in [0.2, 0.25) is 0 Å². The minimum Gasteiger partial charge on any atom is -0.492 e. The third-order valence-corrected chi connectivity index (χ3v) is 3.93. The van der Waals surface area contributed by atoms with E-state index in [9.17, 15) is 9.59 Å². The average Bonchev–Trinajstić information content (AvgIpc) is 2.63. The van der Waals surface area contributed by atoms with Crippen molar-refractivity contribution >= 4 is 5.91 Å². The molecule has 0 unspecified atom stereocenters. The first kappa shape index (κ1) is 17.2. The van der Waals surface area contributed by atoms with E-state index in [0.717, 1.165) is 5.75 Å². The number of amides is 1. The van der Waals surface area contributed by atoms with Crippen molar-refractivity contribution in [1.29, 1.82) is 0 Å². The highest BCUT2D eigenvalue weighted by Crippen LogP contribution is 2.09. The smallest absolute Gasteiger partial charge is 0.274 e. The summed E-state index contributed by atoms with van der Waals surface area (Å²) in [6.07, 6.45) is 0.00266. The third kappa shape index (κ3) is 4.45. The number of aromatic nitrogens is 2. The van der Waals surface area contributed by atoms with Crippen molar-refractivity contribution < 1.29 is 14.3 Å². The van der Waals surface area contributed by atoms with Crippen LogP contribution >= 0.6 is 0 Å². The third-order valence-electron chi connectivity index (χ3n) is 3.93. The highest BCUT2D eigenvalue weighted by atomic mass is 16.5. The van der Waals surface area contributed by atoms with Gasteiger partial charge in [0.25, 0.3) is 11.5 Å². The zero-order valence-electron chi connectivity index (χ0n) is 14.1. The zero-order valence-corrected chi connectivity index (χ0v) is 14.1. The van der Waals surface area contributed by atoms with Crippen LogP contribution in [0.15, 0.2) is 47.3 Å². The second-order valence-electron chi connectivity index (χ2n) is 5.87. The van der Waals surface area contributed by atoms with E-state index in [1.807, 2.05) is 37.3 Å². The molecule has 1 amide bonds. The summed E-state index contributed by atoms with van der Waals surface area (Å²) in [7, 11) is 0. The number of carbonyl (C=O) groups excluding carboxylic acids is 1. The van der Waals surface area contributed by atoms with Gasteiger partial charge in [-0.2, -0.15) is 5.10 Å². The van der Waals surface area contributed by atoms with Gasteiger partial charge in [-0.25, -0.2) is 4.68 Å². The monoisotopic (exact) mass is 343 g/mol. The highest BCUT2D eigenvalue weighted by molar-refractivity contribution is 5.92. The number of para-hydroxylation sites is 1. The predicted molar refractivity (Wildman–Crippen MR) is 91.8 cm³/mol. The molecule has 1 aliphatic rings. The second kappa shape index (κ2) is 7.94. The zero-order chi connectivity index (χ0) is 17.6. The van der Waals surface area contributed by atoms with Crippen molar-refractivity contribution in [3.63, 3.8) is 0 Å². The van der Waals surface area contributed by atoms with Crippen molar-refractivity contribution in [2.45, 2.75) is 19.6 Å². The van der Waals surface area contributed by atoms with Gasteiger partial charge in [0.1, 0.15) is 18.1 Å². The fourth-order valence-corrected chi connectivity index (χ4v) is 2.65. The molecule has 1 aliphatic heterocycles. The molecule has 1 saturated heterocycles. The van der Waals surface area contributed by atoms with Crippen LogP contribution in [0.5, 0.6) is 5.75 Å². The van der Waals surface area contributed by atoms with Gasteiger partial charge in [0.15, 0.2) is 0 Å². The van der Waals surface area contributed by atoms with Crippen molar-refractivity contribution in [1.82, 2.24) is 14.7 Å². The number of nitrogens with zero attached hydrogens (tertiary/aromatic N) is 3. The summed E-state index contributed by atoms with van der Waals surface area (Å²) in [6, 6.07) is 12.2. The van der Waals surface area contributed by atoms with Gasteiger partial charge in [-0.15, -0.1) is 0 Å². The maximum Gasteiger partial charge on any atom is 0.274 e. The summed E-state index contributed by atoms with van der Waals surface area (Å²) in [5, 5.41) is 4.20. The Labute approximate surface area is 145 Å². The van der Waals surface area contributed by atoms with E-state index < -0.39 is 0 Å². The number of hydrogen-bond donors (Lipinski definition) is 0. The van der Waals surface area contributed by atoms with E-state index in [2.05, 4.69) is 5.10 Å². The molecule has 1 fully saturated rings. The Morgan fingerprint density at radius 2 is 2.08 bits per heavy atom. The predicted octanol–water partition coefficient (Wildman–Crippen LogP) is 1.18. The maximum atomic E-state index is 12.6. The number of hydrogen-bond acceptors (Lipinski definition) is 5. The van der Waals surface area contributed by atoms with Crippen molar-refractivity contribution in [3.8, 4) is 5.75 Å². The molecule has 0 saturated carbocycles. The first-order chi connectivity index (χ1) is 12.1. The number of benzene rings is 1. The minimum absolute atomic E-state index is 0.00266. The lowest BCUT2D eigenvalue weighted by Crippen LogP contribution is -2.45. The van der Waals surface area contributed by atoms with Crippen LogP contribution < -0.4 is 10.3 Å². The van der Waals surface area contributed by atoms with Crippen LogP contribution in [-0.4, -0.2) is 53.0 Å². The van der Waals surface area contributed by atoms with E-state index in [0.29, 0.717) is 26.3 Å². The van der Waals surface area contributed by atoms with E-state index in [4.69, 9.17) is 9.47 Å². The molecule has 0 spiro atoms. The molecule has 1 aromatic carbocycles. The van der Waals surface area contributed by atoms with Crippen LogP contribution in [0.25, 0.3) is 0 Å². The van der Waals surface area contributed by atoms with E-state index in [1.165, 1.54) is 16.8 Å². The molecule has 1 aromatic heterocycles. The summed E-state index contributed by atoms with van der Waals surface area (Å²) in [4.78, 5) is 26.2. The Morgan fingerprint density at radius 3 is 2.84 bits per heavy atom. The van der Waals surface area contributed by atoms with E-state index in [1.54, 1.807) is 4.90 Å². The Kier molecular flexibility index (Phi) is 5.45. The molecular formula is C18H21N3O4. The second-order valence-corrected chi connectivity index (χ2v) is 5.87. The van der Waals surface area contributed by atoms with E-state index >= 15 is 0 Å². The molecule has 0 bridgehead atoms. The molecule has 7 nitrogen and oxygen atoms in total. The average molecular weight is 343 g/mol. The van der Waals surface area contributed by atoms with Crippen LogP contribution in [0, 0.1) is 0 Å². The lowest BCUT2D eigenvalue weighted by molar-refractivity contribution is -0.0127. The summed E-state index contributed by atoms with van der Waals surface area (Å²) < 4.78 is 12.3. The van der Waals surface area contributed by atoms with Crippen molar-refractivity contribution in [2.24, 2.45) is 0 Å². The lowest BCUT2D eigenvalue weighted by Gasteiger charge is -2.30. The molecule has 0 aliphatic carbocycles. The Hall–Kier alpha value is -2.67. The van der Waals surface area contributed by atoms with Crippen LogP contribution in [0.1, 0.15) is 17.4 Å². The molecule has 2 heterocycles. The van der Waals surface area contributed by atoms with Crippen molar-refractivity contribution in [3.05, 3.63) is 58.5 Å². The van der Waals surface area contributed by atoms with Crippen LogP contribution in [0.4, 0.5) is 0 Å². The van der Waals surface area contributed by atoms with Gasteiger partial charge in [-0.1, -0.05) is 18.2 Å². The maximum absolute atomic E-state index is 12.6. The Balaban J connectivity index is 1.65. The van der Waals surface area contributed by atoms with Gasteiger partial charge < -0.3 is 14.4 Å². The Morgan fingerprint density at radius 1 is 1.28 bits per heavy atom. The van der Waals surface area contributed by atoms with E-state index in [-0.39, 0.29) is 29.8 Å². The molecule has 7 heteroatoms. The summed E-state index contributed by atoms with van der Waals surface area (Å²) in [5.74, 6) is 0.540. The van der Waals surface area contributed by atoms with Gasteiger partial charge in [-0.05, 0) is 25.1 Å². The molecule has 3 rings (SSSR count). The molecule has 132 valence electrons. The van der Waals surface area contributed by atoms with Gasteiger partial charge in [-0.3, -0.25) is 9.59 Å². The molecule has 2 aromatic rings. The fourth-order valence-electron chi connectivity index (χ4n) is 2.65. The molecule has 0 N–H and O–H groups in total. The topological polar surface area (TPSA) is 73.7 Å². The number of carbonyl (C=O) groups is 1. The summed E-state index contributed by atoms with van der Waals surface area (Å²) in [5.41, 5.74) is -0.00281. The van der Waals surface area contributed by atoms with Gasteiger partial charge in [0, 0.05) is 19.2 Å².